The highest BCUT2D eigenvalue weighted by molar-refractivity contribution is 6.74. The molecule has 0 radical (unpaired) electrons. The van der Waals surface area contributed by atoms with E-state index in [4.69, 9.17) is 16.0 Å². The first-order chi connectivity index (χ1) is 8.58. The zero-order valence-electron chi connectivity index (χ0n) is 12.7. The van der Waals surface area contributed by atoms with Crippen LogP contribution in [0.5, 0.6) is 0 Å². The average Bonchev–Trinajstić information content (AvgIpc) is 2.23. The molecule has 0 saturated heterocycles. The second kappa shape index (κ2) is 6.11. The minimum absolute atomic E-state index is 0.0455. The van der Waals surface area contributed by atoms with E-state index in [9.17, 15) is 4.39 Å². The van der Waals surface area contributed by atoms with Crippen molar-refractivity contribution in [3.63, 3.8) is 0 Å². The molecular formula is C15H26ClFOSi. The third kappa shape index (κ3) is 4.17. The van der Waals surface area contributed by atoms with E-state index in [1.165, 1.54) is 0 Å². The maximum absolute atomic E-state index is 14.0. The number of hydrogen-bond acceptors (Lipinski definition) is 1. The van der Waals surface area contributed by atoms with Crippen LogP contribution in [0.15, 0.2) is 23.8 Å². The predicted molar refractivity (Wildman–Crippen MR) is 84.1 cm³/mol. The first kappa shape index (κ1) is 16.9. The normalized spacial score (nSPS) is 27.9. The van der Waals surface area contributed by atoms with E-state index >= 15 is 0 Å². The third-order valence-electron chi connectivity index (χ3n) is 4.30. The molecule has 4 heteroatoms. The molecule has 0 N–H and O–H groups in total. The number of alkyl halides is 2. The molecule has 1 nitrogen and oxygen atoms in total. The summed E-state index contributed by atoms with van der Waals surface area (Å²) in [5, 5.41) is 0.142. The van der Waals surface area contributed by atoms with Gasteiger partial charge in [0.05, 0.1) is 6.10 Å². The van der Waals surface area contributed by atoms with Gasteiger partial charge in [-0.2, -0.15) is 0 Å². The summed E-state index contributed by atoms with van der Waals surface area (Å²) in [5.74, 6) is 0.397. The van der Waals surface area contributed by atoms with Crippen molar-refractivity contribution in [2.24, 2.45) is 0 Å². The topological polar surface area (TPSA) is 9.23 Å². The predicted octanol–water partition coefficient (Wildman–Crippen LogP) is 5.23. The summed E-state index contributed by atoms with van der Waals surface area (Å²) in [5.41, 5.74) is 1.51. The molecule has 1 saturated carbocycles. The van der Waals surface area contributed by atoms with Crippen LogP contribution in [-0.2, 0) is 4.43 Å². The van der Waals surface area contributed by atoms with Crippen LogP contribution in [-0.4, -0.2) is 26.5 Å². The lowest BCUT2D eigenvalue weighted by Gasteiger charge is -2.41. The van der Waals surface area contributed by atoms with Gasteiger partial charge in [0.15, 0.2) is 8.32 Å². The van der Waals surface area contributed by atoms with E-state index in [-0.39, 0.29) is 11.1 Å². The second-order valence-corrected chi connectivity index (χ2v) is 11.9. The van der Waals surface area contributed by atoms with Crippen LogP contribution in [0.4, 0.5) is 4.39 Å². The van der Waals surface area contributed by atoms with Gasteiger partial charge in [-0.15, -0.1) is 11.6 Å². The summed E-state index contributed by atoms with van der Waals surface area (Å²) in [4.78, 5) is 0. The van der Waals surface area contributed by atoms with Gasteiger partial charge in [0, 0.05) is 12.3 Å². The molecule has 0 aromatic rings. The van der Waals surface area contributed by atoms with E-state index in [0.29, 0.717) is 17.9 Å². The van der Waals surface area contributed by atoms with E-state index in [2.05, 4.69) is 40.4 Å². The van der Waals surface area contributed by atoms with Gasteiger partial charge in [-0.1, -0.05) is 33.4 Å². The Kier molecular flexibility index (Phi) is 5.44. The lowest BCUT2D eigenvalue weighted by Crippen LogP contribution is -2.45. The van der Waals surface area contributed by atoms with Crippen molar-refractivity contribution >= 4 is 19.9 Å². The summed E-state index contributed by atoms with van der Waals surface area (Å²) in [6.07, 6.45) is 1.97. The number of rotatable bonds is 3. The van der Waals surface area contributed by atoms with E-state index in [1.54, 1.807) is 0 Å². The van der Waals surface area contributed by atoms with Gasteiger partial charge < -0.3 is 4.43 Å². The van der Waals surface area contributed by atoms with E-state index in [0.717, 1.165) is 12.0 Å². The fourth-order valence-electron chi connectivity index (χ4n) is 2.02. The molecule has 1 aliphatic carbocycles. The molecule has 0 aromatic heterocycles. The molecule has 110 valence electrons. The van der Waals surface area contributed by atoms with Crippen molar-refractivity contribution in [1.29, 1.82) is 0 Å². The fourth-order valence-corrected chi connectivity index (χ4v) is 3.58. The lowest BCUT2D eigenvalue weighted by atomic mass is 9.87. The molecular weight excluding hydrogens is 279 g/mol. The molecule has 1 aliphatic rings. The lowest BCUT2D eigenvalue weighted by molar-refractivity contribution is 0.131. The van der Waals surface area contributed by atoms with Crippen molar-refractivity contribution in [3.05, 3.63) is 23.8 Å². The molecule has 2 unspecified atom stereocenters. The van der Waals surface area contributed by atoms with Crippen molar-refractivity contribution in [2.45, 2.75) is 64.0 Å². The Morgan fingerprint density at radius 2 is 2.05 bits per heavy atom. The molecule has 0 aromatic carbocycles. The minimum atomic E-state index is -1.85. The molecule has 0 aliphatic heterocycles. The first-order valence-corrected chi connectivity index (χ1v) is 10.3. The van der Waals surface area contributed by atoms with Crippen molar-refractivity contribution in [2.75, 3.05) is 5.88 Å². The highest BCUT2D eigenvalue weighted by Gasteiger charge is 2.41. The van der Waals surface area contributed by atoms with Crippen LogP contribution in [0.2, 0.25) is 18.1 Å². The summed E-state index contributed by atoms with van der Waals surface area (Å²) in [6.45, 7) is 14.8. The SMILES string of the molecule is C=C1C(=CCCl)CC(O[Si](C)(C)C(C)(C)C)CC1F. The quantitative estimate of drug-likeness (QED) is 0.512. The van der Waals surface area contributed by atoms with Gasteiger partial charge in [0.1, 0.15) is 6.17 Å². The van der Waals surface area contributed by atoms with Crippen LogP contribution < -0.4 is 0 Å². The number of hydrogen-bond donors (Lipinski definition) is 0. The molecule has 0 bridgehead atoms. The Balaban J connectivity index is 2.81. The highest BCUT2D eigenvalue weighted by Crippen LogP contribution is 2.40. The minimum Gasteiger partial charge on any atom is -0.413 e. The van der Waals surface area contributed by atoms with Crippen molar-refractivity contribution < 1.29 is 8.82 Å². The summed E-state index contributed by atoms with van der Waals surface area (Å²) >= 11 is 5.73. The standard InChI is InChI=1S/C15H26ClFOSi/c1-11-12(7-8-16)9-13(10-14(11)17)18-19(5,6)15(2,3)4/h7,13-14H,1,8-10H2,2-6H3. The second-order valence-electron chi connectivity index (χ2n) is 6.82. The molecule has 0 amide bonds. The van der Waals surface area contributed by atoms with Gasteiger partial charge in [0.25, 0.3) is 0 Å². The van der Waals surface area contributed by atoms with Gasteiger partial charge in [-0.25, -0.2) is 4.39 Å². The fraction of sp³-hybridized carbons (Fsp3) is 0.733. The molecule has 2 atom stereocenters. The van der Waals surface area contributed by atoms with Crippen LogP contribution in [0.1, 0.15) is 33.6 Å². The first-order valence-electron chi connectivity index (χ1n) is 6.84. The Morgan fingerprint density at radius 1 is 1.47 bits per heavy atom. The van der Waals surface area contributed by atoms with Crippen LogP contribution in [0.3, 0.4) is 0 Å². The van der Waals surface area contributed by atoms with Gasteiger partial charge >= 0.3 is 0 Å². The number of allylic oxidation sites excluding steroid dienone is 2. The maximum Gasteiger partial charge on any atom is 0.192 e. The van der Waals surface area contributed by atoms with Crippen molar-refractivity contribution in [3.8, 4) is 0 Å². The van der Waals surface area contributed by atoms with Crippen LogP contribution in [0, 0.1) is 0 Å². The van der Waals surface area contributed by atoms with Gasteiger partial charge in [-0.05, 0) is 35.7 Å². The highest BCUT2D eigenvalue weighted by atomic mass is 35.5. The summed E-state index contributed by atoms with van der Waals surface area (Å²) in [7, 11) is -1.85. The van der Waals surface area contributed by atoms with E-state index < -0.39 is 14.5 Å². The third-order valence-corrected chi connectivity index (χ3v) is 8.99. The zero-order valence-corrected chi connectivity index (χ0v) is 14.5. The smallest absolute Gasteiger partial charge is 0.192 e. The Bertz CT molecular complexity index is 371. The van der Waals surface area contributed by atoms with Crippen LogP contribution >= 0.6 is 11.6 Å². The molecule has 0 spiro atoms. The molecule has 1 rings (SSSR count). The Hall–Kier alpha value is -0.123. The molecule has 0 heterocycles. The van der Waals surface area contributed by atoms with Crippen LogP contribution in [0.25, 0.3) is 0 Å². The van der Waals surface area contributed by atoms with Crippen molar-refractivity contribution in [1.82, 2.24) is 0 Å². The maximum atomic E-state index is 14.0. The number of halogens is 2. The monoisotopic (exact) mass is 304 g/mol. The van der Waals surface area contributed by atoms with Gasteiger partial charge in [0.2, 0.25) is 0 Å². The Labute approximate surface area is 123 Å². The largest absolute Gasteiger partial charge is 0.413 e. The average molecular weight is 305 g/mol. The van der Waals surface area contributed by atoms with Gasteiger partial charge in [-0.3, -0.25) is 0 Å². The summed E-state index contributed by atoms with van der Waals surface area (Å²) < 4.78 is 20.3. The zero-order chi connectivity index (χ0) is 14.8. The molecule has 1 fully saturated rings. The molecule has 19 heavy (non-hydrogen) atoms. The Morgan fingerprint density at radius 3 is 2.53 bits per heavy atom. The summed E-state index contributed by atoms with van der Waals surface area (Å²) in [6, 6.07) is 0. The van der Waals surface area contributed by atoms with E-state index in [1.807, 2.05) is 6.08 Å².